The molecular formula is C15H24N4OS. The first-order chi connectivity index (χ1) is 10.1. The number of amides is 1. The first kappa shape index (κ1) is 14.8. The van der Waals surface area contributed by atoms with Crippen molar-refractivity contribution in [3.8, 4) is 0 Å². The highest BCUT2D eigenvalue weighted by Crippen LogP contribution is 2.38. The van der Waals surface area contributed by atoms with Crippen LogP contribution in [0.3, 0.4) is 0 Å². The molecule has 2 fully saturated rings. The molecule has 0 unspecified atom stereocenters. The molecule has 2 aliphatic rings. The standard InChI is InChI=1S/C15H24N4OS/c1-10(11-5-6-11)8-13(20)19-7-3-4-12(9-19)14-16-17-15(21)18(14)2/h10-12H,3-9H2,1-2H3,(H,17,21)/t10-,12+/m0/s1. The van der Waals surface area contributed by atoms with E-state index in [4.69, 9.17) is 12.2 Å². The summed E-state index contributed by atoms with van der Waals surface area (Å²) in [5.74, 6) is 2.93. The van der Waals surface area contributed by atoms with Gasteiger partial charge in [-0.15, -0.1) is 0 Å². The number of piperidine rings is 1. The molecule has 1 aromatic rings. The zero-order chi connectivity index (χ0) is 15.0. The van der Waals surface area contributed by atoms with Gasteiger partial charge >= 0.3 is 0 Å². The molecule has 5 nitrogen and oxygen atoms in total. The first-order valence-electron chi connectivity index (χ1n) is 7.95. The van der Waals surface area contributed by atoms with Crippen molar-refractivity contribution in [3.05, 3.63) is 10.6 Å². The number of nitrogens with zero attached hydrogens (tertiary/aromatic N) is 3. The van der Waals surface area contributed by atoms with E-state index in [9.17, 15) is 4.79 Å². The molecule has 0 aromatic carbocycles. The highest BCUT2D eigenvalue weighted by Gasteiger charge is 2.32. The van der Waals surface area contributed by atoms with Gasteiger partial charge in [-0.3, -0.25) is 9.89 Å². The number of hydrogen-bond acceptors (Lipinski definition) is 3. The Labute approximate surface area is 130 Å². The van der Waals surface area contributed by atoms with E-state index in [2.05, 4.69) is 17.1 Å². The Bertz CT molecular complexity index is 574. The first-order valence-corrected chi connectivity index (χ1v) is 8.36. The van der Waals surface area contributed by atoms with Gasteiger partial charge in [0.05, 0.1) is 0 Å². The maximum Gasteiger partial charge on any atom is 0.222 e. The molecule has 1 saturated heterocycles. The van der Waals surface area contributed by atoms with Crippen LogP contribution in [0.2, 0.25) is 0 Å². The van der Waals surface area contributed by atoms with E-state index in [-0.39, 0.29) is 0 Å². The van der Waals surface area contributed by atoms with Crippen molar-refractivity contribution in [2.75, 3.05) is 13.1 Å². The number of H-pyrrole nitrogens is 1. The predicted molar refractivity (Wildman–Crippen MR) is 83.5 cm³/mol. The largest absolute Gasteiger partial charge is 0.342 e. The summed E-state index contributed by atoms with van der Waals surface area (Å²) < 4.78 is 2.58. The molecule has 1 N–H and O–H groups in total. The summed E-state index contributed by atoms with van der Waals surface area (Å²) in [4.78, 5) is 14.5. The summed E-state index contributed by atoms with van der Waals surface area (Å²) in [6.07, 6.45) is 5.45. The fourth-order valence-corrected chi connectivity index (χ4v) is 3.51. The minimum Gasteiger partial charge on any atom is -0.342 e. The van der Waals surface area contributed by atoms with Crippen molar-refractivity contribution >= 4 is 18.1 Å². The number of carbonyl (C=O) groups excluding carboxylic acids is 1. The van der Waals surface area contributed by atoms with Crippen molar-refractivity contribution in [1.29, 1.82) is 0 Å². The average Bonchev–Trinajstić information content (AvgIpc) is 3.27. The molecular weight excluding hydrogens is 284 g/mol. The summed E-state index contributed by atoms with van der Waals surface area (Å²) in [6.45, 7) is 3.89. The van der Waals surface area contributed by atoms with E-state index in [0.717, 1.165) is 37.7 Å². The van der Waals surface area contributed by atoms with Crippen LogP contribution in [-0.2, 0) is 11.8 Å². The number of aromatic amines is 1. The Morgan fingerprint density at radius 3 is 2.86 bits per heavy atom. The number of nitrogens with one attached hydrogen (secondary N) is 1. The fraction of sp³-hybridized carbons (Fsp3) is 0.800. The monoisotopic (exact) mass is 308 g/mol. The van der Waals surface area contributed by atoms with E-state index in [1.165, 1.54) is 12.8 Å². The molecule has 0 bridgehead atoms. The van der Waals surface area contributed by atoms with Crippen LogP contribution in [0.4, 0.5) is 0 Å². The highest BCUT2D eigenvalue weighted by atomic mass is 32.1. The second-order valence-corrected chi connectivity index (χ2v) is 7.03. The number of likely N-dealkylation sites (tertiary alicyclic amines) is 1. The molecule has 116 valence electrons. The molecule has 2 atom stereocenters. The molecule has 1 aliphatic carbocycles. The SMILES string of the molecule is C[C@@H](CC(=O)N1CCC[C@@H](c2n[nH]c(=S)n2C)C1)C1CC1. The molecule has 0 radical (unpaired) electrons. The molecule has 0 spiro atoms. The lowest BCUT2D eigenvalue weighted by Gasteiger charge is -2.33. The second kappa shape index (κ2) is 5.91. The van der Waals surface area contributed by atoms with Crippen molar-refractivity contribution in [2.24, 2.45) is 18.9 Å². The van der Waals surface area contributed by atoms with E-state index < -0.39 is 0 Å². The minimum absolute atomic E-state index is 0.303. The molecule has 3 rings (SSSR count). The zero-order valence-electron chi connectivity index (χ0n) is 12.8. The van der Waals surface area contributed by atoms with Gasteiger partial charge in [-0.2, -0.15) is 5.10 Å². The Kier molecular flexibility index (Phi) is 4.15. The van der Waals surface area contributed by atoms with Gasteiger partial charge in [0, 0.05) is 32.5 Å². The summed E-state index contributed by atoms with van der Waals surface area (Å²) in [5, 5.41) is 7.19. The van der Waals surface area contributed by atoms with Gasteiger partial charge < -0.3 is 9.47 Å². The quantitative estimate of drug-likeness (QED) is 0.870. The highest BCUT2D eigenvalue weighted by molar-refractivity contribution is 7.71. The smallest absolute Gasteiger partial charge is 0.222 e. The third-order valence-corrected chi connectivity index (χ3v) is 5.34. The van der Waals surface area contributed by atoms with Crippen LogP contribution in [0.1, 0.15) is 50.8 Å². The normalized spacial score (nSPS) is 24.1. The molecule has 2 heterocycles. The number of rotatable bonds is 4. The molecule has 21 heavy (non-hydrogen) atoms. The molecule has 6 heteroatoms. The van der Waals surface area contributed by atoms with E-state index in [1.54, 1.807) is 0 Å². The maximum atomic E-state index is 12.5. The van der Waals surface area contributed by atoms with Crippen LogP contribution in [-0.4, -0.2) is 38.7 Å². The zero-order valence-corrected chi connectivity index (χ0v) is 13.7. The lowest BCUT2D eigenvalue weighted by Crippen LogP contribution is -2.40. The van der Waals surface area contributed by atoms with E-state index in [0.29, 0.717) is 28.9 Å². The van der Waals surface area contributed by atoms with Crippen molar-refractivity contribution in [2.45, 2.75) is 44.9 Å². The van der Waals surface area contributed by atoms with Crippen molar-refractivity contribution in [3.63, 3.8) is 0 Å². The molecule has 1 saturated carbocycles. The molecule has 1 amide bonds. The van der Waals surface area contributed by atoms with Crippen LogP contribution in [0.25, 0.3) is 0 Å². The van der Waals surface area contributed by atoms with Crippen molar-refractivity contribution < 1.29 is 4.79 Å². The van der Waals surface area contributed by atoms with Gasteiger partial charge in [0.15, 0.2) is 4.77 Å². The number of carbonyl (C=O) groups is 1. The molecule has 1 aromatic heterocycles. The maximum absolute atomic E-state index is 12.5. The Hall–Kier alpha value is -1.17. The van der Waals surface area contributed by atoms with Crippen LogP contribution in [0.5, 0.6) is 0 Å². The van der Waals surface area contributed by atoms with Gasteiger partial charge in [0.1, 0.15) is 5.82 Å². The average molecular weight is 308 g/mol. The van der Waals surface area contributed by atoms with Crippen molar-refractivity contribution in [1.82, 2.24) is 19.7 Å². The number of hydrogen-bond donors (Lipinski definition) is 1. The lowest BCUT2D eigenvalue weighted by molar-refractivity contribution is -0.133. The van der Waals surface area contributed by atoms with Gasteiger partial charge in [-0.1, -0.05) is 6.92 Å². The lowest BCUT2D eigenvalue weighted by atomic mass is 9.95. The summed E-state index contributed by atoms with van der Waals surface area (Å²) in [6, 6.07) is 0. The second-order valence-electron chi connectivity index (χ2n) is 6.64. The van der Waals surface area contributed by atoms with Crippen LogP contribution < -0.4 is 0 Å². The van der Waals surface area contributed by atoms with Crippen LogP contribution in [0, 0.1) is 16.6 Å². The Morgan fingerprint density at radius 2 is 2.24 bits per heavy atom. The summed E-state index contributed by atoms with van der Waals surface area (Å²) in [7, 11) is 1.94. The fourth-order valence-electron chi connectivity index (χ4n) is 3.38. The third kappa shape index (κ3) is 3.20. The number of aromatic nitrogens is 3. The van der Waals surface area contributed by atoms with Gasteiger partial charge in [-0.25, -0.2) is 0 Å². The topological polar surface area (TPSA) is 53.9 Å². The van der Waals surface area contributed by atoms with Gasteiger partial charge in [-0.05, 0) is 49.7 Å². The summed E-state index contributed by atoms with van der Waals surface area (Å²) >= 11 is 5.18. The minimum atomic E-state index is 0.303. The van der Waals surface area contributed by atoms with E-state index >= 15 is 0 Å². The summed E-state index contributed by atoms with van der Waals surface area (Å²) in [5.41, 5.74) is 0. The van der Waals surface area contributed by atoms with Crippen LogP contribution in [0.15, 0.2) is 0 Å². The molecule has 1 aliphatic heterocycles. The van der Waals surface area contributed by atoms with Gasteiger partial charge in [0.2, 0.25) is 5.91 Å². The predicted octanol–water partition coefficient (Wildman–Crippen LogP) is 2.62. The van der Waals surface area contributed by atoms with Crippen LogP contribution >= 0.6 is 12.2 Å². The Morgan fingerprint density at radius 1 is 1.48 bits per heavy atom. The third-order valence-electron chi connectivity index (χ3n) is 4.98. The van der Waals surface area contributed by atoms with E-state index in [1.807, 2.05) is 16.5 Å². The van der Waals surface area contributed by atoms with Gasteiger partial charge in [0.25, 0.3) is 0 Å². The Balaban J connectivity index is 1.63.